The van der Waals surface area contributed by atoms with Crippen LogP contribution in [0.5, 0.6) is 5.75 Å². The second kappa shape index (κ2) is 6.63. The Hall–Kier alpha value is -3.24. The van der Waals surface area contributed by atoms with E-state index in [2.05, 4.69) is 9.72 Å². The Morgan fingerprint density at radius 3 is 2.47 bits per heavy atom. The second-order valence-electron chi connectivity index (χ2n) is 7.26. The van der Waals surface area contributed by atoms with Crippen LogP contribution in [-0.4, -0.2) is 32.9 Å². The molecule has 1 aliphatic carbocycles. The number of amides is 1. The van der Waals surface area contributed by atoms with E-state index in [1.165, 1.54) is 28.8 Å². The summed E-state index contributed by atoms with van der Waals surface area (Å²) in [4.78, 5) is 30.8. The minimum absolute atomic E-state index is 0.0153. The molecule has 1 aliphatic heterocycles. The highest BCUT2D eigenvalue weighted by Gasteiger charge is 2.60. The van der Waals surface area contributed by atoms with Crippen LogP contribution in [0.15, 0.2) is 42.6 Å². The molecule has 3 aromatic rings. The van der Waals surface area contributed by atoms with E-state index in [9.17, 15) is 27.9 Å². The van der Waals surface area contributed by atoms with Gasteiger partial charge < -0.3 is 9.84 Å². The van der Waals surface area contributed by atoms with E-state index in [4.69, 9.17) is 23.2 Å². The molecule has 0 saturated heterocycles. The number of anilines is 2. The molecule has 1 aromatic heterocycles. The van der Waals surface area contributed by atoms with Gasteiger partial charge in [-0.1, -0.05) is 29.3 Å². The molecule has 0 bridgehead atoms. The predicted molar refractivity (Wildman–Crippen MR) is 107 cm³/mol. The van der Waals surface area contributed by atoms with Crippen LogP contribution >= 0.6 is 23.2 Å². The van der Waals surface area contributed by atoms with Gasteiger partial charge in [-0.25, -0.2) is 14.7 Å². The highest BCUT2D eigenvalue weighted by atomic mass is 35.5. The third kappa shape index (κ3) is 2.86. The Labute approximate surface area is 187 Å². The van der Waals surface area contributed by atoms with Crippen LogP contribution in [0.3, 0.4) is 0 Å². The SMILES string of the molecule is O=C(O)c1cnc2n1[C@]1(Cc3ccc(OC(F)(F)F)cc31)C(=O)N2c1cc(Cl)cc(Cl)c1. The largest absolute Gasteiger partial charge is 0.573 e. The van der Waals surface area contributed by atoms with Crippen molar-refractivity contribution < 1.29 is 32.6 Å². The molecule has 1 atom stereocenters. The van der Waals surface area contributed by atoms with Crippen molar-refractivity contribution in [2.75, 3.05) is 4.90 Å². The van der Waals surface area contributed by atoms with E-state index in [0.29, 0.717) is 5.56 Å². The summed E-state index contributed by atoms with van der Waals surface area (Å²) in [7, 11) is 0. The number of aromatic carboxylic acids is 1. The fourth-order valence-electron chi connectivity index (χ4n) is 4.25. The zero-order valence-corrected chi connectivity index (χ0v) is 17.2. The lowest BCUT2D eigenvalue weighted by molar-refractivity contribution is -0.274. The zero-order valence-electron chi connectivity index (χ0n) is 15.7. The van der Waals surface area contributed by atoms with Crippen LogP contribution < -0.4 is 9.64 Å². The van der Waals surface area contributed by atoms with Crippen molar-refractivity contribution in [2.45, 2.75) is 18.3 Å². The Morgan fingerprint density at radius 1 is 1.16 bits per heavy atom. The Morgan fingerprint density at radius 2 is 1.84 bits per heavy atom. The maximum absolute atomic E-state index is 13.7. The van der Waals surface area contributed by atoms with Gasteiger partial charge in [0.1, 0.15) is 11.4 Å². The number of carbonyl (C=O) groups excluding carboxylic acids is 1. The number of fused-ring (bicyclic) bond motifs is 4. The lowest BCUT2D eigenvalue weighted by Gasteiger charge is -2.40. The molecule has 164 valence electrons. The molecule has 2 aromatic carbocycles. The zero-order chi connectivity index (χ0) is 23.0. The monoisotopic (exact) mass is 483 g/mol. The number of carboxylic acids is 1. The summed E-state index contributed by atoms with van der Waals surface area (Å²) in [5.74, 6) is -2.49. The lowest BCUT2D eigenvalue weighted by atomic mass is 9.69. The van der Waals surface area contributed by atoms with Crippen molar-refractivity contribution in [2.24, 2.45) is 0 Å². The molecule has 0 fully saturated rings. The molecule has 12 heteroatoms. The third-order valence-electron chi connectivity index (χ3n) is 5.41. The van der Waals surface area contributed by atoms with Crippen LogP contribution in [-0.2, 0) is 16.8 Å². The second-order valence-corrected chi connectivity index (χ2v) is 8.13. The summed E-state index contributed by atoms with van der Waals surface area (Å²) in [6.45, 7) is 0. The summed E-state index contributed by atoms with van der Waals surface area (Å²) >= 11 is 12.1. The van der Waals surface area contributed by atoms with E-state index in [-0.39, 0.29) is 39.4 Å². The van der Waals surface area contributed by atoms with Crippen LogP contribution in [0, 0.1) is 0 Å². The molecule has 5 rings (SSSR count). The van der Waals surface area contributed by atoms with Crippen molar-refractivity contribution in [1.29, 1.82) is 0 Å². The Kier molecular flexibility index (Phi) is 4.28. The van der Waals surface area contributed by atoms with E-state index in [1.54, 1.807) is 0 Å². The normalized spacial score (nSPS) is 19.0. The van der Waals surface area contributed by atoms with Crippen molar-refractivity contribution in [3.63, 3.8) is 0 Å². The standard InChI is InChI=1S/C20H10Cl2F3N3O4/c21-10-3-11(22)5-12(4-10)27-17(31)19(28-15(16(29)30)8-26-18(27)28)7-9-1-2-13(6-14(9)19)32-20(23,24)25/h1-6,8H,7H2,(H,29,30)/t19-/m0/s1. The molecule has 0 radical (unpaired) electrons. The molecular formula is C20H10Cl2F3N3O4. The molecule has 1 N–H and O–H groups in total. The maximum Gasteiger partial charge on any atom is 0.573 e. The first-order valence-corrected chi connectivity index (χ1v) is 9.78. The first kappa shape index (κ1) is 20.7. The summed E-state index contributed by atoms with van der Waals surface area (Å²) in [6, 6.07) is 8.00. The van der Waals surface area contributed by atoms with Crippen LogP contribution in [0.1, 0.15) is 21.6 Å². The van der Waals surface area contributed by atoms with Gasteiger partial charge in [-0.3, -0.25) is 9.36 Å². The molecule has 0 unspecified atom stereocenters. The van der Waals surface area contributed by atoms with Gasteiger partial charge in [0.15, 0.2) is 5.54 Å². The number of benzene rings is 2. The van der Waals surface area contributed by atoms with Gasteiger partial charge in [0, 0.05) is 16.5 Å². The Balaban J connectivity index is 1.72. The molecular weight excluding hydrogens is 474 g/mol. The first-order valence-electron chi connectivity index (χ1n) is 9.02. The minimum Gasteiger partial charge on any atom is -0.477 e. The first-order chi connectivity index (χ1) is 15.0. The number of rotatable bonds is 3. The van der Waals surface area contributed by atoms with Gasteiger partial charge in [0.2, 0.25) is 5.95 Å². The van der Waals surface area contributed by atoms with Gasteiger partial charge >= 0.3 is 12.3 Å². The van der Waals surface area contributed by atoms with Gasteiger partial charge in [0.25, 0.3) is 5.91 Å². The van der Waals surface area contributed by atoms with E-state index in [1.807, 2.05) is 0 Å². The number of halogens is 5. The van der Waals surface area contributed by atoms with E-state index >= 15 is 0 Å². The number of carboxylic acid groups (broad SMARTS) is 1. The lowest BCUT2D eigenvalue weighted by Crippen LogP contribution is -2.52. The van der Waals surface area contributed by atoms with Crippen LogP contribution in [0.4, 0.5) is 24.8 Å². The Bertz CT molecular complexity index is 1300. The van der Waals surface area contributed by atoms with Gasteiger partial charge in [-0.15, -0.1) is 13.2 Å². The quantitative estimate of drug-likeness (QED) is 0.580. The van der Waals surface area contributed by atoms with Crippen LogP contribution in [0.2, 0.25) is 10.0 Å². The topological polar surface area (TPSA) is 84.7 Å². The number of imidazole rings is 1. The minimum atomic E-state index is -4.93. The molecule has 32 heavy (non-hydrogen) atoms. The average Bonchev–Trinajstić information content (AvgIpc) is 3.17. The fourth-order valence-corrected chi connectivity index (χ4v) is 4.76. The molecule has 1 spiro atoms. The number of carbonyl (C=O) groups is 2. The number of hydrogen-bond donors (Lipinski definition) is 1. The number of ether oxygens (including phenoxy) is 1. The highest BCUT2D eigenvalue weighted by Crippen LogP contribution is 2.53. The van der Waals surface area contributed by atoms with Crippen molar-refractivity contribution in [1.82, 2.24) is 9.55 Å². The highest BCUT2D eigenvalue weighted by molar-refractivity contribution is 6.35. The summed E-state index contributed by atoms with van der Waals surface area (Å²) in [5.41, 5.74) is -0.883. The summed E-state index contributed by atoms with van der Waals surface area (Å²) in [6.07, 6.45) is -3.79. The smallest absolute Gasteiger partial charge is 0.477 e. The van der Waals surface area contributed by atoms with E-state index in [0.717, 1.165) is 23.2 Å². The molecule has 2 heterocycles. The molecule has 0 saturated carbocycles. The summed E-state index contributed by atoms with van der Waals surface area (Å²) < 4.78 is 43.4. The van der Waals surface area contributed by atoms with E-state index < -0.39 is 29.5 Å². The van der Waals surface area contributed by atoms with Gasteiger partial charge in [-0.05, 0) is 41.5 Å². The van der Waals surface area contributed by atoms with Crippen molar-refractivity contribution >= 4 is 46.7 Å². The number of hydrogen-bond acceptors (Lipinski definition) is 4. The molecule has 1 amide bonds. The van der Waals surface area contributed by atoms with Crippen molar-refractivity contribution in [3.8, 4) is 5.75 Å². The average molecular weight is 484 g/mol. The van der Waals surface area contributed by atoms with Crippen molar-refractivity contribution in [3.05, 3.63) is 69.5 Å². The van der Waals surface area contributed by atoms with Gasteiger partial charge in [-0.2, -0.15) is 0 Å². The number of alkyl halides is 3. The summed E-state index contributed by atoms with van der Waals surface area (Å²) in [5, 5.41) is 10.1. The number of aromatic nitrogens is 2. The molecule has 7 nitrogen and oxygen atoms in total. The van der Waals surface area contributed by atoms with Crippen LogP contribution in [0.25, 0.3) is 0 Å². The number of nitrogens with zero attached hydrogens (tertiary/aromatic N) is 3. The van der Waals surface area contributed by atoms with Gasteiger partial charge in [0.05, 0.1) is 11.9 Å². The third-order valence-corrected chi connectivity index (χ3v) is 5.85. The molecule has 2 aliphatic rings. The predicted octanol–water partition coefficient (Wildman–Crippen LogP) is 4.76. The maximum atomic E-state index is 13.7. The fraction of sp³-hybridized carbons (Fsp3) is 0.150.